The molecule has 0 radical (unpaired) electrons. The van der Waals surface area contributed by atoms with Crippen molar-refractivity contribution < 1.29 is 4.79 Å². The minimum absolute atomic E-state index is 0.200. The van der Waals surface area contributed by atoms with E-state index in [1.165, 1.54) is 5.56 Å². The van der Waals surface area contributed by atoms with Crippen LogP contribution in [0.3, 0.4) is 0 Å². The quantitative estimate of drug-likeness (QED) is 0.466. The lowest BCUT2D eigenvalue weighted by molar-refractivity contribution is 0.102. The SMILES string of the molecule is CCC(C)(C)c1ccc(C(=O)CI)cc1. The number of hydrogen-bond acceptors (Lipinski definition) is 1. The summed E-state index contributed by atoms with van der Waals surface area (Å²) in [5.41, 5.74) is 2.32. The molecule has 82 valence electrons. The predicted molar refractivity (Wildman–Crippen MR) is 73.0 cm³/mol. The van der Waals surface area contributed by atoms with Gasteiger partial charge in [0.05, 0.1) is 4.43 Å². The van der Waals surface area contributed by atoms with Crippen molar-refractivity contribution in [3.05, 3.63) is 35.4 Å². The number of carbonyl (C=O) groups is 1. The van der Waals surface area contributed by atoms with Gasteiger partial charge in [-0.15, -0.1) is 0 Å². The molecule has 0 saturated heterocycles. The van der Waals surface area contributed by atoms with Crippen LogP contribution in [0.5, 0.6) is 0 Å². The Morgan fingerprint density at radius 3 is 2.20 bits per heavy atom. The van der Waals surface area contributed by atoms with Gasteiger partial charge in [-0.2, -0.15) is 0 Å². The molecule has 0 aromatic heterocycles. The number of rotatable bonds is 4. The smallest absolute Gasteiger partial charge is 0.172 e. The zero-order chi connectivity index (χ0) is 11.5. The average Bonchev–Trinajstić information content (AvgIpc) is 2.28. The second-order valence-corrected chi connectivity index (χ2v) is 5.13. The summed E-state index contributed by atoms with van der Waals surface area (Å²) in [7, 11) is 0. The van der Waals surface area contributed by atoms with Gasteiger partial charge in [0.2, 0.25) is 0 Å². The Labute approximate surface area is 105 Å². The minimum Gasteiger partial charge on any atom is -0.293 e. The Hall–Kier alpha value is -0.380. The van der Waals surface area contributed by atoms with Gasteiger partial charge < -0.3 is 0 Å². The van der Waals surface area contributed by atoms with Crippen LogP contribution >= 0.6 is 22.6 Å². The summed E-state index contributed by atoms with van der Waals surface area (Å²) >= 11 is 2.10. The second-order valence-electron chi connectivity index (χ2n) is 4.37. The van der Waals surface area contributed by atoms with E-state index in [4.69, 9.17) is 0 Å². The van der Waals surface area contributed by atoms with Crippen LogP contribution in [0.15, 0.2) is 24.3 Å². The van der Waals surface area contributed by atoms with Crippen LogP contribution in [0.4, 0.5) is 0 Å². The van der Waals surface area contributed by atoms with E-state index >= 15 is 0 Å². The lowest BCUT2D eigenvalue weighted by atomic mass is 9.82. The molecule has 1 rings (SSSR count). The van der Waals surface area contributed by atoms with Crippen LogP contribution in [0.1, 0.15) is 43.1 Å². The minimum atomic E-state index is 0.200. The van der Waals surface area contributed by atoms with Gasteiger partial charge in [0.15, 0.2) is 5.78 Å². The maximum absolute atomic E-state index is 11.4. The topological polar surface area (TPSA) is 17.1 Å². The largest absolute Gasteiger partial charge is 0.293 e. The first-order chi connectivity index (χ1) is 7.01. The normalized spacial score (nSPS) is 11.5. The third kappa shape index (κ3) is 3.03. The van der Waals surface area contributed by atoms with Crippen molar-refractivity contribution in [3.8, 4) is 0 Å². The summed E-state index contributed by atoms with van der Waals surface area (Å²) < 4.78 is 0.550. The van der Waals surface area contributed by atoms with Crippen molar-refractivity contribution in [3.63, 3.8) is 0 Å². The lowest BCUT2D eigenvalue weighted by Crippen LogP contribution is -2.15. The van der Waals surface area contributed by atoms with Gasteiger partial charge in [-0.3, -0.25) is 4.79 Å². The molecule has 0 unspecified atom stereocenters. The molecule has 0 atom stereocenters. The zero-order valence-electron chi connectivity index (χ0n) is 9.51. The first kappa shape index (κ1) is 12.7. The van der Waals surface area contributed by atoms with Crippen LogP contribution in [-0.2, 0) is 5.41 Å². The number of alkyl halides is 1. The molecule has 15 heavy (non-hydrogen) atoms. The Bertz CT molecular complexity index is 338. The van der Waals surface area contributed by atoms with Crippen LogP contribution in [0, 0.1) is 0 Å². The summed E-state index contributed by atoms with van der Waals surface area (Å²) in [5.74, 6) is 0.205. The summed E-state index contributed by atoms with van der Waals surface area (Å²) in [6, 6.07) is 8.02. The van der Waals surface area contributed by atoms with Gasteiger partial charge in [-0.25, -0.2) is 0 Å². The van der Waals surface area contributed by atoms with Crippen LogP contribution in [0.25, 0.3) is 0 Å². The fourth-order valence-corrected chi connectivity index (χ4v) is 1.83. The molecule has 1 aromatic carbocycles. The average molecular weight is 316 g/mol. The molecule has 0 fully saturated rings. The highest BCUT2D eigenvalue weighted by atomic mass is 127. The van der Waals surface area contributed by atoms with E-state index < -0.39 is 0 Å². The number of halogens is 1. The van der Waals surface area contributed by atoms with Crippen molar-refractivity contribution in [1.82, 2.24) is 0 Å². The van der Waals surface area contributed by atoms with E-state index in [-0.39, 0.29) is 11.2 Å². The van der Waals surface area contributed by atoms with E-state index in [0.29, 0.717) is 4.43 Å². The molecule has 1 nitrogen and oxygen atoms in total. The molecule has 0 N–H and O–H groups in total. The molecule has 0 aliphatic carbocycles. The van der Waals surface area contributed by atoms with Crippen molar-refractivity contribution in [1.29, 1.82) is 0 Å². The second kappa shape index (κ2) is 5.10. The number of hydrogen-bond donors (Lipinski definition) is 0. The van der Waals surface area contributed by atoms with Crippen molar-refractivity contribution in [2.24, 2.45) is 0 Å². The Kier molecular flexibility index (Phi) is 4.32. The highest BCUT2D eigenvalue weighted by Gasteiger charge is 2.17. The van der Waals surface area contributed by atoms with Crippen molar-refractivity contribution >= 4 is 28.4 Å². The highest BCUT2D eigenvalue weighted by molar-refractivity contribution is 14.1. The number of carbonyl (C=O) groups excluding carboxylic acids is 1. The van der Waals surface area contributed by atoms with Crippen LogP contribution < -0.4 is 0 Å². The van der Waals surface area contributed by atoms with E-state index in [1.807, 2.05) is 12.1 Å². The van der Waals surface area contributed by atoms with Gasteiger partial charge in [-0.05, 0) is 17.4 Å². The summed E-state index contributed by atoms with van der Waals surface area (Å²) in [6.45, 7) is 6.63. The summed E-state index contributed by atoms with van der Waals surface area (Å²) in [6.07, 6.45) is 1.10. The van der Waals surface area contributed by atoms with E-state index in [1.54, 1.807) is 0 Å². The molecule has 0 spiro atoms. The van der Waals surface area contributed by atoms with Gasteiger partial charge in [0.25, 0.3) is 0 Å². The molecule has 2 heteroatoms. The maximum atomic E-state index is 11.4. The van der Waals surface area contributed by atoms with Crippen molar-refractivity contribution in [2.45, 2.75) is 32.6 Å². The van der Waals surface area contributed by atoms with Gasteiger partial charge in [0.1, 0.15) is 0 Å². The van der Waals surface area contributed by atoms with E-state index in [2.05, 4.69) is 55.5 Å². The monoisotopic (exact) mass is 316 g/mol. The molecule has 0 amide bonds. The molecule has 1 aromatic rings. The maximum Gasteiger partial charge on any atom is 0.172 e. The first-order valence-corrected chi connectivity index (χ1v) is 6.73. The molecule has 0 bridgehead atoms. The standard InChI is InChI=1S/C13H17IO/c1-4-13(2,3)11-7-5-10(6-8-11)12(15)9-14/h5-8H,4,9H2,1-3H3. The number of Topliss-reactive ketones (excluding diaryl/α,β-unsaturated/α-hetero) is 1. The Morgan fingerprint density at radius 2 is 1.80 bits per heavy atom. The molecule has 0 aliphatic rings. The third-order valence-electron chi connectivity index (χ3n) is 2.99. The zero-order valence-corrected chi connectivity index (χ0v) is 11.7. The lowest BCUT2D eigenvalue weighted by Gasteiger charge is -2.23. The van der Waals surface area contributed by atoms with Crippen LogP contribution in [-0.4, -0.2) is 10.2 Å². The van der Waals surface area contributed by atoms with E-state index in [9.17, 15) is 4.79 Å². The van der Waals surface area contributed by atoms with E-state index in [0.717, 1.165) is 12.0 Å². The molecule has 0 aliphatic heterocycles. The third-order valence-corrected chi connectivity index (χ3v) is 3.69. The summed E-state index contributed by atoms with van der Waals surface area (Å²) in [4.78, 5) is 11.4. The fourth-order valence-electron chi connectivity index (χ4n) is 1.39. The predicted octanol–water partition coefficient (Wildman–Crippen LogP) is 3.99. The molecule has 0 saturated carbocycles. The Morgan fingerprint density at radius 1 is 1.27 bits per heavy atom. The van der Waals surface area contributed by atoms with Gasteiger partial charge in [0, 0.05) is 5.56 Å². The van der Waals surface area contributed by atoms with Crippen molar-refractivity contribution in [2.75, 3.05) is 4.43 Å². The Balaban J connectivity index is 2.95. The molecular formula is C13H17IO. The summed E-state index contributed by atoms with van der Waals surface area (Å²) in [5, 5.41) is 0. The fraction of sp³-hybridized carbons (Fsp3) is 0.462. The van der Waals surface area contributed by atoms with Gasteiger partial charge in [-0.1, -0.05) is 67.6 Å². The highest BCUT2D eigenvalue weighted by Crippen LogP contribution is 2.26. The first-order valence-electron chi connectivity index (χ1n) is 5.21. The number of benzene rings is 1. The van der Waals surface area contributed by atoms with Crippen LogP contribution in [0.2, 0.25) is 0 Å². The van der Waals surface area contributed by atoms with Gasteiger partial charge >= 0.3 is 0 Å². The molecular weight excluding hydrogens is 299 g/mol. The number of ketones is 1. The molecule has 0 heterocycles.